The number of rotatable bonds is 3. The monoisotopic (exact) mass is 253 g/mol. The molecule has 1 aromatic rings. The van der Waals surface area contributed by atoms with Crippen LogP contribution in [0.5, 0.6) is 0 Å². The average Bonchev–Trinajstić information content (AvgIpc) is 2.77. The van der Waals surface area contributed by atoms with E-state index in [1.807, 2.05) is 0 Å². The summed E-state index contributed by atoms with van der Waals surface area (Å²) in [5.41, 5.74) is 4.09. The van der Waals surface area contributed by atoms with E-state index >= 15 is 0 Å². The highest BCUT2D eigenvalue weighted by atomic mass is 16.4. The number of carbonyl (C=O) groups is 2. The van der Waals surface area contributed by atoms with Crippen LogP contribution in [0.2, 0.25) is 0 Å². The van der Waals surface area contributed by atoms with Crippen LogP contribution in [0, 0.1) is 0 Å². The number of aromatic amines is 1. The van der Waals surface area contributed by atoms with Crippen molar-refractivity contribution >= 4 is 17.8 Å². The molecule has 1 amide bonds. The molecule has 0 aliphatic heterocycles. The van der Waals surface area contributed by atoms with Gasteiger partial charge in [-0.05, 0) is 12.8 Å². The number of nitrogens with zero attached hydrogens (tertiary/aromatic N) is 2. The van der Waals surface area contributed by atoms with Gasteiger partial charge < -0.3 is 16.2 Å². The third-order valence-electron chi connectivity index (χ3n) is 3.19. The number of nitrogens with one attached hydrogen (secondary N) is 2. The molecule has 8 heteroatoms. The van der Waals surface area contributed by atoms with Crippen LogP contribution < -0.4 is 11.1 Å². The standard InChI is InChI=1S/C10H15N5O3/c11-9-12-6(14-15-9)7(16)13-10(8(17)18)4-2-1-3-5-10/h1-5H2,(H,13,16)(H,17,18)(H3,11,12,14,15). The van der Waals surface area contributed by atoms with Crippen LogP contribution in [0.1, 0.15) is 42.7 Å². The summed E-state index contributed by atoms with van der Waals surface area (Å²) in [6, 6.07) is 0. The summed E-state index contributed by atoms with van der Waals surface area (Å²) < 4.78 is 0. The van der Waals surface area contributed by atoms with Crippen molar-refractivity contribution in [3.8, 4) is 0 Å². The summed E-state index contributed by atoms with van der Waals surface area (Å²) in [4.78, 5) is 26.9. The number of nitrogens with two attached hydrogens (primary N) is 1. The van der Waals surface area contributed by atoms with Gasteiger partial charge in [0.1, 0.15) is 5.54 Å². The van der Waals surface area contributed by atoms with Gasteiger partial charge in [-0.25, -0.2) is 4.79 Å². The largest absolute Gasteiger partial charge is 0.480 e. The molecule has 0 atom stereocenters. The second-order valence-electron chi connectivity index (χ2n) is 4.44. The molecule has 8 nitrogen and oxygen atoms in total. The lowest BCUT2D eigenvalue weighted by Crippen LogP contribution is -2.55. The molecule has 5 N–H and O–H groups in total. The number of nitrogen functional groups attached to an aromatic ring is 1. The predicted octanol–water partition coefficient (Wildman–Crippen LogP) is -0.0958. The maximum absolute atomic E-state index is 11.9. The van der Waals surface area contributed by atoms with Crippen LogP contribution in [0.25, 0.3) is 0 Å². The molecule has 1 aliphatic rings. The van der Waals surface area contributed by atoms with E-state index in [-0.39, 0.29) is 11.8 Å². The molecule has 1 heterocycles. The van der Waals surface area contributed by atoms with E-state index < -0.39 is 17.4 Å². The molecule has 2 rings (SSSR count). The number of aliphatic carboxylic acids is 1. The molecule has 18 heavy (non-hydrogen) atoms. The zero-order valence-corrected chi connectivity index (χ0v) is 9.77. The van der Waals surface area contributed by atoms with Crippen LogP contribution in [-0.2, 0) is 4.79 Å². The molecule has 1 aliphatic carbocycles. The van der Waals surface area contributed by atoms with Crippen LogP contribution >= 0.6 is 0 Å². The number of hydrogen-bond donors (Lipinski definition) is 4. The quantitative estimate of drug-likeness (QED) is 0.594. The minimum atomic E-state index is -1.20. The Bertz CT molecular complexity index is 464. The Morgan fingerprint density at radius 3 is 2.50 bits per heavy atom. The summed E-state index contributed by atoms with van der Waals surface area (Å²) in [5.74, 6) is -1.72. The van der Waals surface area contributed by atoms with Crippen molar-refractivity contribution in [3.63, 3.8) is 0 Å². The number of H-pyrrole nitrogens is 1. The van der Waals surface area contributed by atoms with Crippen molar-refractivity contribution in [2.75, 3.05) is 5.73 Å². The van der Waals surface area contributed by atoms with Crippen molar-refractivity contribution < 1.29 is 14.7 Å². The number of carboxylic acids is 1. The summed E-state index contributed by atoms with van der Waals surface area (Å²) in [7, 11) is 0. The normalized spacial score (nSPS) is 18.2. The number of amides is 1. The van der Waals surface area contributed by atoms with E-state index in [1.165, 1.54) is 0 Å². The highest BCUT2D eigenvalue weighted by molar-refractivity contribution is 5.95. The smallest absolute Gasteiger partial charge is 0.329 e. The molecule has 1 aromatic heterocycles. The van der Waals surface area contributed by atoms with Crippen molar-refractivity contribution in [1.29, 1.82) is 0 Å². The van der Waals surface area contributed by atoms with E-state index in [0.717, 1.165) is 19.3 Å². The van der Waals surface area contributed by atoms with Gasteiger partial charge in [-0.1, -0.05) is 19.3 Å². The second kappa shape index (κ2) is 4.63. The molecule has 0 aromatic carbocycles. The van der Waals surface area contributed by atoms with E-state index in [4.69, 9.17) is 5.73 Å². The van der Waals surface area contributed by atoms with E-state index in [2.05, 4.69) is 20.5 Å². The lowest BCUT2D eigenvalue weighted by Gasteiger charge is -2.33. The topological polar surface area (TPSA) is 134 Å². The fraction of sp³-hybridized carbons (Fsp3) is 0.600. The SMILES string of the molecule is Nc1n[nH]c(C(=O)NC2(C(=O)O)CCCCC2)n1. The number of hydrogen-bond acceptors (Lipinski definition) is 5. The fourth-order valence-corrected chi connectivity index (χ4v) is 2.20. The lowest BCUT2D eigenvalue weighted by atomic mass is 9.81. The zero-order valence-electron chi connectivity index (χ0n) is 9.77. The fourth-order valence-electron chi connectivity index (χ4n) is 2.20. The summed E-state index contributed by atoms with van der Waals surface area (Å²) in [5, 5.41) is 17.7. The molecular formula is C10H15N5O3. The maximum Gasteiger partial charge on any atom is 0.329 e. The van der Waals surface area contributed by atoms with Gasteiger partial charge in [0.25, 0.3) is 5.91 Å². The molecule has 0 saturated heterocycles. The third-order valence-corrected chi connectivity index (χ3v) is 3.19. The van der Waals surface area contributed by atoms with Gasteiger partial charge in [0.15, 0.2) is 0 Å². The van der Waals surface area contributed by atoms with Crippen molar-refractivity contribution in [1.82, 2.24) is 20.5 Å². The Balaban J connectivity index is 2.14. The molecule has 1 fully saturated rings. The highest BCUT2D eigenvalue weighted by Crippen LogP contribution is 2.28. The third kappa shape index (κ3) is 2.27. The molecule has 1 saturated carbocycles. The molecule has 98 valence electrons. The van der Waals surface area contributed by atoms with Gasteiger partial charge in [0.2, 0.25) is 11.8 Å². The lowest BCUT2D eigenvalue weighted by molar-refractivity contribution is -0.145. The molecular weight excluding hydrogens is 238 g/mol. The Kier molecular flexibility index (Phi) is 3.17. The Hall–Kier alpha value is -2.12. The first kappa shape index (κ1) is 12.3. The molecule has 0 radical (unpaired) electrons. The first-order valence-electron chi connectivity index (χ1n) is 5.77. The predicted molar refractivity (Wildman–Crippen MR) is 61.7 cm³/mol. The molecule has 0 spiro atoms. The summed E-state index contributed by atoms with van der Waals surface area (Å²) in [6.45, 7) is 0. The van der Waals surface area contributed by atoms with Crippen molar-refractivity contribution in [3.05, 3.63) is 5.82 Å². The number of aromatic nitrogens is 3. The van der Waals surface area contributed by atoms with Gasteiger partial charge in [-0.3, -0.25) is 9.89 Å². The van der Waals surface area contributed by atoms with Gasteiger partial charge >= 0.3 is 5.97 Å². The summed E-state index contributed by atoms with van der Waals surface area (Å²) in [6.07, 6.45) is 3.41. The van der Waals surface area contributed by atoms with Crippen LogP contribution in [0.4, 0.5) is 5.95 Å². The Morgan fingerprint density at radius 1 is 1.33 bits per heavy atom. The van der Waals surface area contributed by atoms with E-state index in [9.17, 15) is 14.7 Å². The van der Waals surface area contributed by atoms with Crippen LogP contribution in [-0.4, -0.2) is 37.7 Å². The van der Waals surface area contributed by atoms with Crippen molar-refractivity contribution in [2.24, 2.45) is 0 Å². The molecule has 0 bridgehead atoms. The van der Waals surface area contributed by atoms with Gasteiger partial charge in [-0.2, -0.15) is 4.98 Å². The van der Waals surface area contributed by atoms with Crippen LogP contribution in [0.3, 0.4) is 0 Å². The van der Waals surface area contributed by atoms with Gasteiger partial charge in [-0.15, -0.1) is 5.10 Å². The zero-order chi connectivity index (χ0) is 13.2. The average molecular weight is 253 g/mol. The van der Waals surface area contributed by atoms with Gasteiger partial charge in [0, 0.05) is 0 Å². The number of carboxylic acid groups (broad SMARTS) is 1. The van der Waals surface area contributed by atoms with Crippen molar-refractivity contribution in [2.45, 2.75) is 37.6 Å². The summed E-state index contributed by atoms with van der Waals surface area (Å²) >= 11 is 0. The van der Waals surface area contributed by atoms with Gasteiger partial charge in [0.05, 0.1) is 0 Å². The molecule has 0 unspecified atom stereocenters. The minimum Gasteiger partial charge on any atom is -0.480 e. The maximum atomic E-state index is 11.9. The number of carbonyl (C=O) groups excluding carboxylic acids is 1. The minimum absolute atomic E-state index is 0.0480. The Morgan fingerprint density at radius 2 is 2.00 bits per heavy atom. The second-order valence-corrected chi connectivity index (χ2v) is 4.44. The first-order chi connectivity index (χ1) is 8.53. The highest BCUT2D eigenvalue weighted by Gasteiger charge is 2.41. The first-order valence-corrected chi connectivity index (χ1v) is 5.77. The van der Waals surface area contributed by atoms with E-state index in [0.29, 0.717) is 12.8 Å². The van der Waals surface area contributed by atoms with E-state index in [1.54, 1.807) is 0 Å². The number of anilines is 1. The Labute approximate surface area is 103 Å². The van der Waals surface area contributed by atoms with Crippen LogP contribution in [0.15, 0.2) is 0 Å².